The fraction of sp³-hybridized carbons (Fsp3) is 0.750. The molecule has 0 heterocycles. The summed E-state index contributed by atoms with van der Waals surface area (Å²) in [6, 6.07) is 0. The summed E-state index contributed by atoms with van der Waals surface area (Å²) in [5.41, 5.74) is -0.384. The maximum Gasteiger partial charge on any atom is 0.246 e. The largest absolute Gasteiger partial charge is 0.396 e. The molecular weight excluding hydrogens is 236 g/mol. The highest BCUT2D eigenvalue weighted by molar-refractivity contribution is 5.92. The summed E-state index contributed by atoms with van der Waals surface area (Å²) in [5, 5.41) is 33.7. The molecule has 0 saturated carbocycles. The number of aliphatic hydroxyl groups excluding tert-OH is 3. The van der Waals surface area contributed by atoms with Gasteiger partial charge in [0.05, 0.1) is 6.61 Å². The van der Waals surface area contributed by atoms with E-state index in [0.29, 0.717) is 18.7 Å². The van der Waals surface area contributed by atoms with Crippen molar-refractivity contribution < 1.29 is 20.1 Å². The molecule has 0 radical (unpaired) electrons. The standard InChI is InChI=1S/C12H24N2O4/c1-8(2)10(17)13-5-6-14-11(18)9(16)12(3,4)7-15/h9,11,14-16,18H,1,5-7H2,2-4H3,(H,13,17)/t9-,11?/m1/s1. The first-order valence-corrected chi connectivity index (χ1v) is 5.86. The van der Waals surface area contributed by atoms with Crippen molar-refractivity contribution >= 4 is 5.91 Å². The van der Waals surface area contributed by atoms with E-state index in [0.717, 1.165) is 0 Å². The first-order chi connectivity index (χ1) is 8.22. The molecule has 0 fully saturated rings. The second-order valence-corrected chi connectivity index (χ2v) is 5.03. The molecule has 0 saturated heterocycles. The van der Waals surface area contributed by atoms with Gasteiger partial charge in [-0.2, -0.15) is 0 Å². The van der Waals surface area contributed by atoms with Crippen LogP contribution in [0.3, 0.4) is 0 Å². The Bertz CT molecular complexity index is 292. The summed E-state index contributed by atoms with van der Waals surface area (Å²) in [5.74, 6) is -0.248. The minimum atomic E-state index is -1.16. The molecule has 0 aliphatic carbocycles. The van der Waals surface area contributed by atoms with E-state index in [4.69, 9.17) is 5.11 Å². The molecule has 1 amide bonds. The van der Waals surface area contributed by atoms with Gasteiger partial charge >= 0.3 is 0 Å². The second-order valence-electron chi connectivity index (χ2n) is 5.03. The lowest BCUT2D eigenvalue weighted by atomic mass is 9.86. The van der Waals surface area contributed by atoms with Gasteiger partial charge in [0.15, 0.2) is 0 Å². The molecule has 6 nitrogen and oxygen atoms in total. The second kappa shape index (κ2) is 7.48. The summed E-state index contributed by atoms with van der Waals surface area (Å²) in [6.07, 6.45) is -2.26. The highest BCUT2D eigenvalue weighted by Crippen LogP contribution is 2.21. The fourth-order valence-electron chi connectivity index (χ4n) is 1.18. The zero-order chi connectivity index (χ0) is 14.3. The van der Waals surface area contributed by atoms with Crippen LogP contribution in [0.25, 0.3) is 0 Å². The van der Waals surface area contributed by atoms with Gasteiger partial charge < -0.3 is 20.6 Å². The summed E-state index contributed by atoms with van der Waals surface area (Å²) in [6.45, 7) is 8.76. The number of rotatable bonds is 8. The van der Waals surface area contributed by atoms with Crippen molar-refractivity contribution in [2.45, 2.75) is 33.1 Å². The quantitative estimate of drug-likeness (QED) is 0.218. The topological polar surface area (TPSA) is 102 Å². The molecule has 1 unspecified atom stereocenters. The highest BCUT2D eigenvalue weighted by atomic mass is 16.3. The van der Waals surface area contributed by atoms with Gasteiger partial charge in [0.1, 0.15) is 12.3 Å². The molecule has 0 bridgehead atoms. The monoisotopic (exact) mass is 260 g/mol. The van der Waals surface area contributed by atoms with E-state index in [2.05, 4.69) is 17.2 Å². The minimum Gasteiger partial charge on any atom is -0.396 e. The van der Waals surface area contributed by atoms with Crippen molar-refractivity contribution in [1.29, 1.82) is 0 Å². The molecule has 0 aromatic heterocycles. The zero-order valence-corrected chi connectivity index (χ0v) is 11.2. The van der Waals surface area contributed by atoms with E-state index in [1.807, 2.05) is 0 Å². The summed E-state index contributed by atoms with van der Waals surface area (Å²) >= 11 is 0. The minimum absolute atomic E-state index is 0.237. The van der Waals surface area contributed by atoms with E-state index in [1.165, 1.54) is 0 Å². The van der Waals surface area contributed by atoms with Crippen LogP contribution in [0.15, 0.2) is 12.2 Å². The molecule has 0 rings (SSSR count). The number of hydrogen-bond acceptors (Lipinski definition) is 5. The normalized spacial score (nSPS) is 15.0. The SMILES string of the molecule is C=C(C)C(=O)NCCNC(O)[C@@H](O)C(C)(C)CO. The van der Waals surface area contributed by atoms with E-state index in [-0.39, 0.29) is 12.5 Å². The van der Waals surface area contributed by atoms with Crippen LogP contribution in [0.5, 0.6) is 0 Å². The average Bonchev–Trinajstić information content (AvgIpc) is 2.32. The Hall–Kier alpha value is -0.950. The molecule has 18 heavy (non-hydrogen) atoms. The molecule has 0 aliphatic rings. The maximum absolute atomic E-state index is 11.1. The molecule has 2 atom stereocenters. The van der Waals surface area contributed by atoms with Crippen LogP contribution < -0.4 is 10.6 Å². The predicted molar refractivity (Wildman–Crippen MR) is 68.7 cm³/mol. The summed E-state index contributed by atoms with van der Waals surface area (Å²) in [7, 11) is 0. The third-order valence-electron chi connectivity index (χ3n) is 2.66. The van der Waals surface area contributed by atoms with Gasteiger partial charge in [0.2, 0.25) is 5.91 Å². The predicted octanol–water partition coefficient (Wildman–Crippen LogP) is -1.03. The molecule has 0 aliphatic heterocycles. The van der Waals surface area contributed by atoms with Crippen molar-refractivity contribution in [3.8, 4) is 0 Å². The molecule has 106 valence electrons. The van der Waals surface area contributed by atoms with Gasteiger partial charge in [0, 0.05) is 24.1 Å². The van der Waals surface area contributed by atoms with Crippen LogP contribution in [-0.2, 0) is 4.79 Å². The zero-order valence-electron chi connectivity index (χ0n) is 11.2. The molecule has 0 aromatic rings. The van der Waals surface area contributed by atoms with E-state index < -0.39 is 17.7 Å². The van der Waals surface area contributed by atoms with Crippen LogP contribution in [0.2, 0.25) is 0 Å². The number of carbonyl (C=O) groups is 1. The number of aliphatic hydroxyl groups is 3. The highest BCUT2D eigenvalue weighted by Gasteiger charge is 2.32. The summed E-state index contributed by atoms with van der Waals surface area (Å²) < 4.78 is 0. The lowest BCUT2D eigenvalue weighted by molar-refractivity contribution is -0.117. The Morgan fingerprint density at radius 3 is 2.33 bits per heavy atom. The van der Waals surface area contributed by atoms with Gasteiger partial charge in [-0.15, -0.1) is 0 Å². The van der Waals surface area contributed by atoms with Gasteiger partial charge in [-0.25, -0.2) is 0 Å². The van der Waals surface area contributed by atoms with Crippen LogP contribution >= 0.6 is 0 Å². The van der Waals surface area contributed by atoms with Crippen LogP contribution in [0.1, 0.15) is 20.8 Å². The Kier molecular flexibility index (Phi) is 7.08. The number of carbonyl (C=O) groups excluding carboxylic acids is 1. The third kappa shape index (κ3) is 5.59. The average molecular weight is 260 g/mol. The van der Waals surface area contributed by atoms with E-state index in [1.54, 1.807) is 20.8 Å². The van der Waals surface area contributed by atoms with Crippen molar-refractivity contribution in [1.82, 2.24) is 10.6 Å². The van der Waals surface area contributed by atoms with Crippen molar-refractivity contribution in [2.24, 2.45) is 5.41 Å². The maximum atomic E-state index is 11.1. The van der Waals surface area contributed by atoms with Gasteiger partial charge in [-0.05, 0) is 6.92 Å². The van der Waals surface area contributed by atoms with Gasteiger partial charge in [-0.1, -0.05) is 20.4 Å². The Balaban J connectivity index is 3.94. The van der Waals surface area contributed by atoms with Crippen LogP contribution in [0.4, 0.5) is 0 Å². The number of hydrogen-bond donors (Lipinski definition) is 5. The number of amides is 1. The Labute approximate surface area is 108 Å². The molecule has 6 heteroatoms. The molecule has 5 N–H and O–H groups in total. The summed E-state index contributed by atoms with van der Waals surface area (Å²) in [4.78, 5) is 11.1. The molecular formula is C12H24N2O4. The molecule has 0 aromatic carbocycles. The lowest BCUT2D eigenvalue weighted by Gasteiger charge is -2.32. The Morgan fingerprint density at radius 1 is 1.33 bits per heavy atom. The van der Waals surface area contributed by atoms with Gasteiger partial charge in [0.25, 0.3) is 0 Å². The third-order valence-corrected chi connectivity index (χ3v) is 2.66. The van der Waals surface area contributed by atoms with Gasteiger partial charge in [-0.3, -0.25) is 10.1 Å². The lowest BCUT2D eigenvalue weighted by Crippen LogP contribution is -2.50. The Morgan fingerprint density at radius 2 is 1.89 bits per heavy atom. The fourth-order valence-corrected chi connectivity index (χ4v) is 1.18. The van der Waals surface area contributed by atoms with Crippen LogP contribution in [-0.4, -0.2) is 53.3 Å². The first kappa shape index (κ1) is 17.1. The molecule has 0 spiro atoms. The van der Waals surface area contributed by atoms with E-state index >= 15 is 0 Å². The van der Waals surface area contributed by atoms with Crippen molar-refractivity contribution in [2.75, 3.05) is 19.7 Å². The first-order valence-electron chi connectivity index (χ1n) is 5.86. The smallest absolute Gasteiger partial charge is 0.246 e. The van der Waals surface area contributed by atoms with E-state index in [9.17, 15) is 15.0 Å². The van der Waals surface area contributed by atoms with Crippen LogP contribution in [0, 0.1) is 5.41 Å². The van der Waals surface area contributed by atoms with Crippen molar-refractivity contribution in [3.63, 3.8) is 0 Å². The number of nitrogens with one attached hydrogen (secondary N) is 2. The van der Waals surface area contributed by atoms with Crippen molar-refractivity contribution in [3.05, 3.63) is 12.2 Å².